The van der Waals surface area contributed by atoms with E-state index in [1.54, 1.807) is 13.8 Å². The fourth-order valence-electron chi connectivity index (χ4n) is 0.851. The highest BCUT2D eigenvalue weighted by Crippen LogP contribution is 2.14. The number of hydrogen-bond acceptors (Lipinski definition) is 3. The van der Waals surface area contributed by atoms with Crippen molar-refractivity contribution in [1.82, 2.24) is 4.98 Å². The lowest BCUT2D eigenvalue weighted by atomic mass is 10.2. The van der Waals surface area contributed by atoms with E-state index in [4.69, 9.17) is 5.14 Å². The second kappa shape index (κ2) is 3.04. The van der Waals surface area contributed by atoms with Crippen LogP contribution in [0.3, 0.4) is 0 Å². The normalized spacial score (nSPS) is 11.7. The molecule has 0 amide bonds. The van der Waals surface area contributed by atoms with Gasteiger partial charge in [-0.05, 0) is 25.5 Å². The van der Waals surface area contributed by atoms with Crippen molar-refractivity contribution in [2.24, 2.45) is 5.14 Å². The van der Waals surface area contributed by atoms with Gasteiger partial charge in [0.05, 0.1) is 0 Å². The van der Waals surface area contributed by atoms with E-state index in [1.165, 1.54) is 6.07 Å². The molecule has 2 N–H and O–H groups in total. The molecule has 0 aliphatic heterocycles. The minimum Gasteiger partial charge on any atom is -0.224 e. The summed E-state index contributed by atoms with van der Waals surface area (Å²) in [5, 5.41) is 4.77. The van der Waals surface area contributed by atoms with Crippen LogP contribution < -0.4 is 5.14 Å². The quantitative estimate of drug-likeness (QED) is 0.676. The number of hydrogen-bond donors (Lipinski definition) is 1. The fraction of sp³-hybridized carbons (Fsp3) is 0.286. The summed E-state index contributed by atoms with van der Waals surface area (Å²) in [4.78, 5) is 2.85. The molecule has 72 valence electrons. The average Bonchev–Trinajstić information content (AvgIpc) is 1.94. The minimum atomic E-state index is -4.01. The largest absolute Gasteiger partial charge is 0.242 e. The van der Waals surface area contributed by atoms with Gasteiger partial charge in [0.15, 0.2) is 0 Å². The Morgan fingerprint density at radius 2 is 2.00 bits per heavy atom. The third-order valence-corrected chi connectivity index (χ3v) is 2.59. The van der Waals surface area contributed by atoms with Crippen molar-refractivity contribution < 1.29 is 12.8 Å². The number of pyridine rings is 1. The zero-order valence-electron chi connectivity index (χ0n) is 7.20. The molecular weight excluding hydrogens is 195 g/mol. The maximum absolute atomic E-state index is 13.0. The number of rotatable bonds is 1. The Hall–Kier alpha value is -1.01. The monoisotopic (exact) mass is 204 g/mol. The topological polar surface area (TPSA) is 73.1 Å². The lowest BCUT2D eigenvalue weighted by Gasteiger charge is -2.03. The molecule has 6 heteroatoms. The standard InChI is InChI=1S/C7H9FN2O2S/c1-4-3-6(13(9,11)12)7(8)10-5(4)2/h3H,1-2H3,(H2,9,11,12). The maximum atomic E-state index is 13.0. The fourth-order valence-corrected chi connectivity index (χ4v) is 1.47. The summed E-state index contributed by atoms with van der Waals surface area (Å²) < 4.78 is 34.6. The van der Waals surface area contributed by atoms with Crippen molar-refractivity contribution in [3.8, 4) is 0 Å². The summed E-state index contributed by atoms with van der Waals surface area (Å²) >= 11 is 0. The van der Waals surface area contributed by atoms with E-state index in [1.807, 2.05) is 0 Å². The highest BCUT2D eigenvalue weighted by molar-refractivity contribution is 7.89. The first-order chi connectivity index (χ1) is 5.82. The van der Waals surface area contributed by atoms with Gasteiger partial charge in [0, 0.05) is 5.69 Å². The summed E-state index contributed by atoms with van der Waals surface area (Å²) in [6.07, 6.45) is 0. The van der Waals surface area contributed by atoms with Crippen LogP contribution in [0.5, 0.6) is 0 Å². The van der Waals surface area contributed by atoms with Crippen LogP contribution in [0, 0.1) is 19.8 Å². The van der Waals surface area contributed by atoms with Gasteiger partial charge in [0.1, 0.15) is 4.90 Å². The minimum absolute atomic E-state index is 0.449. The number of nitrogens with two attached hydrogens (primary N) is 1. The summed E-state index contributed by atoms with van der Waals surface area (Å²) in [5.41, 5.74) is 1.04. The lowest BCUT2D eigenvalue weighted by molar-refractivity contribution is 0.535. The third-order valence-electron chi connectivity index (χ3n) is 1.69. The van der Waals surface area contributed by atoms with Crippen LogP contribution in [0.4, 0.5) is 4.39 Å². The van der Waals surface area contributed by atoms with Crippen LogP contribution in [0.1, 0.15) is 11.3 Å². The molecule has 1 rings (SSSR count). The number of primary sulfonamides is 1. The molecule has 0 fully saturated rings. The van der Waals surface area contributed by atoms with E-state index in [2.05, 4.69) is 4.98 Å². The van der Waals surface area contributed by atoms with E-state index in [0.29, 0.717) is 11.3 Å². The zero-order valence-corrected chi connectivity index (χ0v) is 8.02. The maximum Gasteiger partial charge on any atom is 0.242 e. The van der Waals surface area contributed by atoms with Gasteiger partial charge in [-0.1, -0.05) is 0 Å². The Kier molecular flexibility index (Phi) is 2.36. The number of aryl methyl sites for hydroxylation is 2. The molecule has 0 aliphatic rings. The molecule has 0 bridgehead atoms. The SMILES string of the molecule is Cc1cc(S(N)(=O)=O)c(F)nc1C. The first-order valence-electron chi connectivity index (χ1n) is 3.49. The van der Waals surface area contributed by atoms with E-state index in [9.17, 15) is 12.8 Å². The van der Waals surface area contributed by atoms with E-state index in [0.717, 1.165) is 0 Å². The molecule has 0 saturated heterocycles. The molecule has 0 saturated carbocycles. The van der Waals surface area contributed by atoms with Crippen LogP contribution >= 0.6 is 0 Å². The predicted octanol–water partition coefficient (Wildman–Crippen LogP) is 0.485. The number of sulfonamides is 1. The van der Waals surface area contributed by atoms with E-state index < -0.39 is 20.9 Å². The van der Waals surface area contributed by atoms with Gasteiger partial charge in [-0.2, -0.15) is 4.39 Å². The van der Waals surface area contributed by atoms with Crippen LogP contribution in [0.2, 0.25) is 0 Å². The van der Waals surface area contributed by atoms with Gasteiger partial charge < -0.3 is 0 Å². The molecule has 0 unspecified atom stereocenters. The predicted molar refractivity (Wildman–Crippen MR) is 45.0 cm³/mol. The van der Waals surface area contributed by atoms with Crippen molar-refractivity contribution >= 4 is 10.0 Å². The average molecular weight is 204 g/mol. The molecule has 1 heterocycles. The van der Waals surface area contributed by atoms with Gasteiger partial charge in [-0.25, -0.2) is 18.5 Å². The Labute approximate surface area is 75.6 Å². The summed E-state index contributed by atoms with van der Waals surface area (Å²) in [6.45, 7) is 3.22. The van der Waals surface area contributed by atoms with Crippen LogP contribution in [0.25, 0.3) is 0 Å². The molecule has 4 nitrogen and oxygen atoms in total. The highest BCUT2D eigenvalue weighted by Gasteiger charge is 2.16. The van der Waals surface area contributed by atoms with Crippen LogP contribution in [-0.2, 0) is 10.0 Å². The molecule has 1 aromatic rings. The molecule has 0 aromatic carbocycles. The summed E-state index contributed by atoms with van der Waals surface area (Å²) in [6, 6.07) is 1.17. The second-order valence-corrected chi connectivity index (χ2v) is 4.25. The molecule has 1 aromatic heterocycles. The van der Waals surface area contributed by atoms with Gasteiger partial charge in [0.25, 0.3) is 0 Å². The molecule has 13 heavy (non-hydrogen) atoms. The molecule has 0 spiro atoms. The van der Waals surface area contributed by atoms with Gasteiger partial charge in [-0.15, -0.1) is 0 Å². The number of halogens is 1. The van der Waals surface area contributed by atoms with E-state index >= 15 is 0 Å². The molecule has 0 atom stereocenters. The van der Waals surface area contributed by atoms with Crippen molar-refractivity contribution in [3.05, 3.63) is 23.3 Å². The first kappa shape index (κ1) is 10.1. The smallest absolute Gasteiger partial charge is 0.224 e. The van der Waals surface area contributed by atoms with Gasteiger partial charge in [-0.3, -0.25) is 0 Å². The van der Waals surface area contributed by atoms with Crippen LogP contribution in [0.15, 0.2) is 11.0 Å². The van der Waals surface area contributed by atoms with Crippen molar-refractivity contribution in [3.63, 3.8) is 0 Å². The van der Waals surface area contributed by atoms with Gasteiger partial charge in [0.2, 0.25) is 16.0 Å². The van der Waals surface area contributed by atoms with Crippen molar-refractivity contribution in [2.45, 2.75) is 18.7 Å². The second-order valence-electron chi connectivity index (χ2n) is 2.72. The van der Waals surface area contributed by atoms with Crippen LogP contribution in [-0.4, -0.2) is 13.4 Å². The van der Waals surface area contributed by atoms with Crippen molar-refractivity contribution in [1.29, 1.82) is 0 Å². The Morgan fingerprint density at radius 1 is 1.46 bits per heavy atom. The number of aromatic nitrogens is 1. The first-order valence-corrected chi connectivity index (χ1v) is 5.03. The molecule has 0 radical (unpaired) electrons. The molecular formula is C7H9FN2O2S. The zero-order chi connectivity index (χ0) is 10.2. The summed E-state index contributed by atoms with van der Waals surface area (Å²) in [7, 11) is -4.01. The third kappa shape index (κ3) is 2.02. The Balaban J connectivity index is 3.50. The number of nitrogens with zero attached hydrogens (tertiary/aromatic N) is 1. The molecule has 0 aliphatic carbocycles. The van der Waals surface area contributed by atoms with Crippen molar-refractivity contribution in [2.75, 3.05) is 0 Å². The Morgan fingerprint density at radius 3 is 2.46 bits per heavy atom. The highest BCUT2D eigenvalue weighted by atomic mass is 32.2. The lowest BCUT2D eigenvalue weighted by Crippen LogP contribution is -2.15. The summed E-state index contributed by atoms with van der Waals surface area (Å²) in [5.74, 6) is -1.05. The Bertz CT molecular complexity index is 442. The van der Waals surface area contributed by atoms with E-state index in [-0.39, 0.29) is 0 Å². The van der Waals surface area contributed by atoms with Gasteiger partial charge >= 0.3 is 0 Å².